The number of hydrogen-bond acceptors (Lipinski definition) is 3. The summed E-state index contributed by atoms with van der Waals surface area (Å²) in [6.07, 6.45) is 0. The van der Waals surface area contributed by atoms with Gasteiger partial charge in [-0.2, -0.15) is 4.37 Å². The standard InChI is InChI=1S/C5H8N2S/c1-4-5(2-6)3-8-7-4/h3H,2,6H2,1H3. The first-order chi connectivity index (χ1) is 3.84. The van der Waals surface area contributed by atoms with Crippen LogP contribution in [0.3, 0.4) is 0 Å². The summed E-state index contributed by atoms with van der Waals surface area (Å²) in [4.78, 5) is 0. The summed E-state index contributed by atoms with van der Waals surface area (Å²) in [7, 11) is 0. The van der Waals surface area contributed by atoms with E-state index in [1.165, 1.54) is 11.5 Å². The first kappa shape index (κ1) is 5.72. The predicted octanol–water partition coefficient (Wildman–Crippen LogP) is 0.910. The van der Waals surface area contributed by atoms with E-state index in [-0.39, 0.29) is 0 Å². The molecule has 0 atom stereocenters. The molecule has 0 saturated heterocycles. The van der Waals surface area contributed by atoms with Crippen molar-refractivity contribution in [2.75, 3.05) is 0 Å². The average molecular weight is 128 g/mol. The summed E-state index contributed by atoms with van der Waals surface area (Å²) in [5.74, 6) is 0. The Balaban J connectivity index is 2.92. The second-order valence-electron chi connectivity index (χ2n) is 1.63. The number of rotatable bonds is 1. The molecule has 1 rings (SSSR count). The van der Waals surface area contributed by atoms with Crippen molar-refractivity contribution >= 4 is 11.5 Å². The maximum atomic E-state index is 5.36. The Morgan fingerprint density at radius 1 is 1.88 bits per heavy atom. The topological polar surface area (TPSA) is 38.9 Å². The minimum absolute atomic E-state index is 0.613. The van der Waals surface area contributed by atoms with Gasteiger partial charge in [-0.15, -0.1) is 0 Å². The molecule has 3 heteroatoms. The molecule has 1 aromatic heterocycles. The van der Waals surface area contributed by atoms with Crippen LogP contribution in [0.2, 0.25) is 0 Å². The fourth-order valence-electron chi connectivity index (χ4n) is 0.509. The van der Waals surface area contributed by atoms with Crippen molar-refractivity contribution in [1.29, 1.82) is 0 Å². The molecule has 0 bridgehead atoms. The minimum Gasteiger partial charge on any atom is -0.326 e. The summed E-state index contributed by atoms with van der Waals surface area (Å²) in [6.45, 7) is 2.58. The van der Waals surface area contributed by atoms with Crippen molar-refractivity contribution in [2.24, 2.45) is 5.73 Å². The van der Waals surface area contributed by atoms with Gasteiger partial charge >= 0.3 is 0 Å². The Bertz CT molecular complexity index is 171. The molecule has 0 spiro atoms. The van der Waals surface area contributed by atoms with Crippen LogP contribution in [0, 0.1) is 6.92 Å². The van der Waals surface area contributed by atoms with Crippen molar-refractivity contribution in [3.63, 3.8) is 0 Å². The molecule has 1 aromatic rings. The molecule has 0 fully saturated rings. The highest BCUT2D eigenvalue weighted by Gasteiger charge is 1.94. The number of nitrogens with two attached hydrogens (primary N) is 1. The van der Waals surface area contributed by atoms with E-state index in [2.05, 4.69) is 4.37 Å². The third kappa shape index (κ3) is 0.877. The Hall–Kier alpha value is -0.410. The molecule has 2 N–H and O–H groups in total. The van der Waals surface area contributed by atoms with Gasteiger partial charge in [-0.3, -0.25) is 0 Å². The van der Waals surface area contributed by atoms with Crippen molar-refractivity contribution in [3.8, 4) is 0 Å². The normalized spacial score (nSPS) is 9.75. The zero-order valence-corrected chi connectivity index (χ0v) is 5.53. The van der Waals surface area contributed by atoms with Crippen LogP contribution in [0.4, 0.5) is 0 Å². The third-order valence-corrected chi connectivity index (χ3v) is 1.84. The molecule has 0 radical (unpaired) electrons. The summed E-state index contributed by atoms with van der Waals surface area (Å²) in [5.41, 5.74) is 7.59. The van der Waals surface area contributed by atoms with E-state index >= 15 is 0 Å². The zero-order chi connectivity index (χ0) is 5.98. The van der Waals surface area contributed by atoms with Crippen LogP contribution in [0.5, 0.6) is 0 Å². The first-order valence-corrected chi connectivity index (χ1v) is 3.28. The monoisotopic (exact) mass is 128 g/mol. The number of aryl methyl sites for hydroxylation is 1. The van der Waals surface area contributed by atoms with Crippen LogP contribution in [0.15, 0.2) is 5.38 Å². The van der Waals surface area contributed by atoms with E-state index in [9.17, 15) is 0 Å². The molecule has 2 nitrogen and oxygen atoms in total. The SMILES string of the molecule is Cc1nscc1CN. The van der Waals surface area contributed by atoms with E-state index in [0.717, 1.165) is 11.3 Å². The van der Waals surface area contributed by atoms with Gasteiger partial charge in [0.1, 0.15) is 0 Å². The Kier molecular flexibility index (Phi) is 1.60. The fraction of sp³-hybridized carbons (Fsp3) is 0.400. The van der Waals surface area contributed by atoms with Gasteiger partial charge < -0.3 is 5.73 Å². The van der Waals surface area contributed by atoms with Crippen LogP contribution in [-0.2, 0) is 6.54 Å². The summed E-state index contributed by atoms with van der Waals surface area (Å²) >= 11 is 1.46. The molecule has 0 aromatic carbocycles. The number of hydrogen-bond donors (Lipinski definition) is 1. The molecular formula is C5H8N2S. The van der Waals surface area contributed by atoms with Crippen LogP contribution in [-0.4, -0.2) is 4.37 Å². The van der Waals surface area contributed by atoms with Crippen molar-refractivity contribution in [1.82, 2.24) is 4.37 Å². The Labute approximate surface area is 52.5 Å². The zero-order valence-electron chi connectivity index (χ0n) is 4.72. The lowest BCUT2D eigenvalue weighted by molar-refractivity contribution is 1.05. The second kappa shape index (κ2) is 2.24. The van der Waals surface area contributed by atoms with Crippen molar-refractivity contribution < 1.29 is 0 Å². The van der Waals surface area contributed by atoms with Gasteiger partial charge in [0.2, 0.25) is 0 Å². The number of nitrogens with zero attached hydrogens (tertiary/aromatic N) is 1. The van der Waals surface area contributed by atoms with E-state index in [1.807, 2.05) is 12.3 Å². The van der Waals surface area contributed by atoms with Crippen LogP contribution >= 0.6 is 11.5 Å². The van der Waals surface area contributed by atoms with E-state index < -0.39 is 0 Å². The van der Waals surface area contributed by atoms with Gasteiger partial charge in [0.25, 0.3) is 0 Å². The van der Waals surface area contributed by atoms with Crippen molar-refractivity contribution in [2.45, 2.75) is 13.5 Å². The molecular weight excluding hydrogens is 120 g/mol. The largest absolute Gasteiger partial charge is 0.326 e. The van der Waals surface area contributed by atoms with Gasteiger partial charge in [-0.1, -0.05) is 0 Å². The highest BCUT2D eigenvalue weighted by molar-refractivity contribution is 7.03. The van der Waals surface area contributed by atoms with Gasteiger partial charge in [0, 0.05) is 11.9 Å². The summed E-state index contributed by atoms with van der Waals surface area (Å²) < 4.78 is 4.05. The predicted molar refractivity (Wildman–Crippen MR) is 34.7 cm³/mol. The van der Waals surface area contributed by atoms with E-state index in [0.29, 0.717) is 6.54 Å². The van der Waals surface area contributed by atoms with E-state index in [1.54, 1.807) is 0 Å². The first-order valence-electron chi connectivity index (χ1n) is 2.44. The molecule has 1 heterocycles. The van der Waals surface area contributed by atoms with Gasteiger partial charge in [-0.05, 0) is 24.0 Å². The maximum Gasteiger partial charge on any atom is 0.0556 e. The molecule has 0 aliphatic carbocycles. The molecule has 0 saturated carbocycles. The van der Waals surface area contributed by atoms with Crippen LogP contribution in [0.25, 0.3) is 0 Å². The molecule has 0 amide bonds. The summed E-state index contributed by atoms with van der Waals surface area (Å²) in [6, 6.07) is 0. The van der Waals surface area contributed by atoms with Gasteiger partial charge in [0.05, 0.1) is 5.69 Å². The molecule has 0 aliphatic rings. The lowest BCUT2D eigenvalue weighted by atomic mass is 10.3. The quantitative estimate of drug-likeness (QED) is 0.610. The molecule has 0 aliphatic heterocycles. The molecule has 44 valence electrons. The number of aromatic nitrogens is 1. The average Bonchev–Trinajstić information content (AvgIpc) is 2.14. The third-order valence-electron chi connectivity index (χ3n) is 1.07. The fourth-order valence-corrected chi connectivity index (χ4v) is 1.23. The van der Waals surface area contributed by atoms with Gasteiger partial charge in [-0.25, -0.2) is 0 Å². The maximum absolute atomic E-state index is 5.36. The highest BCUT2D eigenvalue weighted by atomic mass is 32.1. The Morgan fingerprint density at radius 3 is 2.88 bits per heavy atom. The lowest BCUT2D eigenvalue weighted by Crippen LogP contribution is -1.95. The Morgan fingerprint density at radius 2 is 2.62 bits per heavy atom. The smallest absolute Gasteiger partial charge is 0.0556 e. The highest BCUT2D eigenvalue weighted by Crippen LogP contribution is 2.06. The van der Waals surface area contributed by atoms with E-state index in [4.69, 9.17) is 5.73 Å². The summed E-state index contributed by atoms with van der Waals surface area (Å²) in [5, 5.41) is 1.98. The van der Waals surface area contributed by atoms with Crippen LogP contribution in [0.1, 0.15) is 11.3 Å². The van der Waals surface area contributed by atoms with Gasteiger partial charge in [0.15, 0.2) is 0 Å². The molecule has 0 unspecified atom stereocenters. The second-order valence-corrected chi connectivity index (χ2v) is 2.26. The molecule has 8 heavy (non-hydrogen) atoms. The van der Waals surface area contributed by atoms with Crippen molar-refractivity contribution in [3.05, 3.63) is 16.6 Å². The minimum atomic E-state index is 0.613. The lowest BCUT2D eigenvalue weighted by Gasteiger charge is -1.86. The van der Waals surface area contributed by atoms with Crippen LogP contribution < -0.4 is 5.73 Å².